The van der Waals surface area contributed by atoms with Gasteiger partial charge >= 0.3 is 5.97 Å². The van der Waals surface area contributed by atoms with Gasteiger partial charge in [0.2, 0.25) is 0 Å². The number of hydrogen-bond donors (Lipinski definition) is 0. The van der Waals surface area contributed by atoms with Crippen molar-refractivity contribution >= 4 is 40.7 Å². The molecule has 0 fully saturated rings. The molecule has 1 aliphatic heterocycles. The number of benzene rings is 2. The standard InChI is InChI=1S/C25H22ClN3O7S/c1-4-35-19-9-7-15(12-20(19)36-5-2)22-16(24(31)34-3)13-27-25-28(22)23(30)21(37-25)11-14-6-8-17(26)18(10-14)29(32)33/h6-13,22H,4-5H2,1-3H3/b21-11-/t22-/m0/s1. The fraction of sp³-hybridized carbons (Fsp3) is 0.240. The van der Waals surface area contributed by atoms with E-state index in [1.807, 2.05) is 13.8 Å². The van der Waals surface area contributed by atoms with E-state index in [1.54, 1.807) is 24.3 Å². The second-order valence-corrected chi connectivity index (χ2v) is 9.13. The molecule has 0 saturated heterocycles. The lowest BCUT2D eigenvalue weighted by Gasteiger charge is -2.23. The van der Waals surface area contributed by atoms with Crippen LogP contribution in [0.25, 0.3) is 6.08 Å². The fourth-order valence-electron chi connectivity index (χ4n) is 3.90. The van der Waals surface area contributed by atoms with Crippen LogP contribution in [0, 0.1) is 10.1 Å². The highest BCUT2D eigenvalue weighted by atomic mass is 35.5. The molecule has 2 heterocycles. The summed E-state index contributed by atoms with van der Waals surface area (Å²) in [6.45, 7) is 4.52. The quantitative estimate of drug-likeness (QED) is 0.242. The maximum atomic E-state index is 13.6. The molecular weight excluding hydrogens is 522 g/mol. The Bertz CT molecular complexity index is 1590. The minimum absolute atomic E-state index is 0.00747. The minimum atomic E-state index is -0.847. The number of halogens is 1. The number of aromatic nitrogens is 1. The number of carbonyl (C=O) groups is 1. The number of ether oxygens (including phenoxy) is 3. The van der Waals surface area contributed by atoms with Crippen LogP contribution in [0.4, 0.5) is 5.69 Å². The maximum absolute atomic E-state index is 13.6. The summed E-state index contributed by atoms with van der Waals surface area (Å²) in [7, 11) is 1.25. The number of hydrogen-bond acceptors (Lipinski definition) is 9. The van der Waals surface area contributed by atoms with Gasteiger partial charge in [-0.3, -0.25) is 19.5 Å². The third-order valence-corrected chi connectivity index (χ3v) is 6.79. The molecule has 1 aliphatic rings. The Morgan fingerprint density at radius 3 is 2.59 bits per heavy atom. The van der Waals surface area contributed by atoms with Crippen molar-refractivity contribution in [3.8, 4) is 11.5 Å². The number of carbonyl (C=O) groups excluding carboxylic acids is 1. The number of thiazole rings is 1. The van der Waals surface area contributed by atoms with Crippen LogP contribution in [0.15, 0.2) is 58.0 Å². The third-order valence-electron chi connectivity index (χ3n) is 5.47. The van der Waals surface area contributed by atoms with Crippen molar-refractivity contribution in [3.63, 3.8) is 0 Å². The van der Waals surface area contributed by atoms with Crippen molar-refractivity contribution in [1.29, 1.82) is 0 Å². The zero-order chi connectivity index (χ0) is 26.7. The predicted octanol–water partition coefficient (Wildman–Crippen LogP) is 3.38. The number of fused-ring (bicyclic) bond motifs is 1. The molecule has 0 aliphatic carbocycles. The first-order valence-corrected chi connectivity index (χ1v) is 12.4. The normalized spacial score (nSPS) is 14.9. The summed E-state index contributed by atoms with van der Waals surface area (Å²) in [5.41, 5.74) is 0.479. The molecule has 3 aromatic rings. The van der Waals surface area contributed by atoms with Gasteiger partial charge in [0, 0.05) is 12.3 Å². The van der Waals surface area contributed by atoms with Crippen LogP contribution < -0.4 is 24.4 Å². The smallest absolute Gasteiger partial charge is 0.337 e. The highest BCUT2D eigenvalue weighted by molar-refractivity contribution is 7.07. The molecule has 0 saturated carbocycles. The van der Waals surface area contributed by atoms with Crippen molar-refractivity contribution in [1.82, 2.24) is 4.57 Å². The summed E-state index contributed by atoms with van der Waals surface area (Å²) in [6.07, 6.45) is 2.91. The molecule has 37 heavy (non-hydrogen) atoms. The Morgan fingerprint density at radius 2 is 1.92 bits per heavy atom. The zero-order valence-electron chi connectivity index (χ0n) is 20.1. The van der Waals surface area contributed by atoms with E-state index in [0.29, 0.717) is 40.6 Å². The molecule has 1 aromatic heterocycles. The number of rotatable bonds is 8. The molecule has 0 spiro atoms. The van der Waals surface area contributed by atoms with E-state index in [2.05, 4.69) is 4.99 Å². The molecule has 0 radical (unpaired) electrons. The summed E-state index contributed by atoms with van der Waals surface area (Å²) in [5.74, 6) is 0.371. The second kappa shape index (κ2) is 11.0. The lowest BCUT2D eigenvalue weighted by atomic mass is 9.97. The molecule has 4 rings (SSSR count). The summed E-state index contributed by atoms with van der Waals surface area (Å²) in [4.78, 5) is 41.7. The summed E-state index contributed by atoms with van der Waals surface area (Å²) >= 11 is 7.01. The largest absolute Gasteiger partial charge is 0.490 e. The molecule has 0 unspecified atom stereocenters. The van der Waals surface area contributed by atoms with Crippen LogP contribution in [-0.2, 0) is 9.53 Å². The van der Waals surface area contributed by atoms with Crippen molar-refractivity contribution in [3.05, 3.63) is 94.1 Å². The van der Waals surface area contributed by atoms with Crippen LogP contribution in [0.3, 0.4) is 0 Å². The third kappa shape index (κ3) is 5.13. The van der Waals surface area contributed by atoms with Gasteiger partial charge in [0.1, 0.15) is 5.02 Å². The van der Waals surface area contributed by atoms with Crippen molar-refractivity contribution in [2.75, 3.05) is 20.3 Å². The van der Waals surface area contributed by atoms with E-state index in [4.69, 9.17) is 25.8 Å². The lowest BCUT2D eigenvalue weighted by molar-refractivity contribution is -0.384. The lowest BCUT2D eigenvalue weighted by Crippen LogP contribution is -2.39. The number of esters is 1. The molecule has 192 valence electrons. The van der Waals surface area contributed by atoms with E-state index in [9.17, 15) is 19.7 Å². The monoisotopic (exact) mass is 543 g/mol. The average Bonchev–Trinajstić information content (AvgIpc) is 3.20. The average molecular weight is 544 g/mol. The number of nitro groups is 1. The van der Waals surface area contributed by atoms with Gasteiger partial charge in [-0.15, -0.1) is 0 Å². The summed E-state index contributed by atoms with van der Waals surface area (Å²) < 4.78 is 18.0. The van der Waals surface area contributed by atoms with E-state index in [-0.39, 0.29) is 20.8 Å². The molecule has 0 amide bonds. The Morgan fingerprint density at radius 1 is 1.19 bits per heavy atom. The topological polar surface area (TPSA) is 122 Å². The Kier molecular flexibility index (Phi) is 7.74. The van der Waals surface area contributed by atoms with Crippen molar-refractivity contribution < 1.29 is 23.9 Å². The summed E-state index contributed by atoms with van der Waals surface area (Å²) in [6, 6.07) is 8.61. The van der Waals surface area contributed by atoms with Gasteiger partial charge in [0.05, 0.1) is 41.4 Å². The van der Waals surface area contributed by atoms with Gasteiger partial charge in [0.25, 0.3) is 11.2 Å². The summed E-state index contributed by atoms with van der Waals surface area (Å²) in [5, 5.41) is 11.3. The number of nitrogens with zero attached hydrogens (tertiary/aromatic N) is 3. The molecule has 1 atom stereocenters. The highest BCUT2D eigenvalue weighted by Gasteiger charge is 2.31. The Balaban J connectivity index is 1.90. The number of nitro benzene ring substituents is 1. The van der Waals surface area contributed by atoms with Crippen LogP contribution >= 0.6 is 22.9 Å². The van der Waals surface area contributed by atoms with Crippen molar-refractivity contribution in [2.24, 2.45) is 4.99 Å². The first kappa shape index (κ1) is 26.1. The molecule has 0 bridgehead atoms. The second-order valence-electron chi connectivity index (χ2n) is 7.72. The van der Waals surface area contributed by atoms with Crippen molar-refractivity contribution in [2.45, 2.75) is 19.9 Å². The molecular formula is C25H22ClN3O7S. The Labute approximate surface area is 219 Å². The molecule has 12 heteroatoms. The first-order valence-electron chi connectivity index (χ1n) is 11.2. The maximum Gasteiger partial charge on any atom is 0.337 e. The first-order chi connectivity index (χ1) is 17.8. The van der Waals surface area contributed by atoms with Crippen LogP contribution in [0.5, 0.6) is 11.5 Å². The molecule has 10 nitrogen and oxygen atoms in total. The van der Waals surface area contributed by atoms with Crippen LogP contribution in [0.2, 0.25) is 5.02 Å². The van der Waals surface area contributed by atoms with E-state index in [0.717, 1.165) is 11.3 Å². The number of methoxy groups -OCH3 is 1. The fourth-order valence-corrected chi connectivity index (χ4v) is 5.05. The minimum Gasteiger partial charge on any atom is -0.490 e. The van der Waals surface area contributed by atoms with Gasteiger partial charge in [-0.25, -0.2) is 9.79 Å². The molecule has 0 N–H and O–H groups in total. The van der Waals surface area contributed by atoms with Crippen LogP contribution in [-0.4, -0.2) is 35.8 Å². The molecule has 2 aromatic carbocycles. The van der Waals surface area contributed by atoms with Gasteiger partial charge < -0.3 is 14.2 Å². The van der Waals surface area contributed by atoms with E-state index >= 15 is 0 Å². The predicted molar refractivity (Wildman–Crippen MR) is 138 cm³/mol. The highest BCUT2D eigenvalue weighted by Crippen LogP contribution is 2.35. The van der Waals surface area contributed by atoms with Gasteiger partial charge in [-0.1, -0.05) is 35.1 Å². The van der Waals surface area contributed by atoms with E-state index < -0.39 is 22.5 Å². The SMILES string of the molecule is CCOc1ccc([C@H]2C(C(=O)OC)=CN=c3s/c(=C\c4ccc(Cl)c([N+](=O)[O-])c4)c(=O)n32)cc1OCC. The zero-order valence-corrected chi connectivity index (χ0v) is 21.7. The van der Waals surface area contributed by atoms with Gasteiger partial charge in [-0.2, -0.15) is 0 Å². The van der Waals surface area contributed by atoms with Gasteiger partial charge in [0.15, 0.2) is 16.3 Å². The van der Waals surface area contributed by atoms with Crippen LogP contribution in [0.1, 0.15) is 31.0 Å². The van der Waals surface area contributed by atoms with E-state index in [1.165, 1.54) is 36.1 Å². The van der Waals surface area contributed by atoms with Gasteiger partial charge in [-0.05, 0) is 49.2 Å². The Hall–Kier alpha value is -3.96.